The summed E-state index contributed by atoms with van der Waals surface area (Å²) < 4.78 is 5.20. The van der Waals surface area contributed by atoms with E-state index in [1.54, 1.807) is 12.0 Å². The van der Waals surface area contributed by atoms with Crippen LogP contribution in [0.3, 0.4) is 0 Å². The maximum absolute atomic E-state index is 10.8. The van der Waals surface area contributed by atoms with Crippen LogP contribution in [0.25, 0.3) is 5.57 Å². The molecular formula is C11H9NO3. The minimum absolute atomic E-state index is 0.0921. The predicted molar refractivity (Wildman–Crippen MR) is 55.9 cm³/mol. The topological polar surface area (TPSA) is 58.9 Å². The van der Waals surface area contributed by atoms with Crippen LogP contribution in [0.15, 0.2) is 23.2 Å². The molecule has 0 spiro atoms. The van der Waals surface area contributed by atoms with E-state index in [1.807, 2.05) is 6.92 Å². The Morgan fingerprint density at radius 3 is 3.00 bits per heavy atom. The third-order valence-electron chi connectivity index (χ3n) is 2.07. The average molecular weight is 203 g/mol. The highest BCUT2D eigenvalue weighted by Gasteiger charge is 2.23. The number of aliphatic imine (C=N–C) groups is 1. The summed E-state index contributed by atoms with van der Waals surface area (Å²) in [6.45, 7) is 2.25. The number of hydrogen-bond donors (Lipinski definition) is 1. The van der Waals surface area contributed by atoms with Crippen molar-refractivity contribution in [2.24, 2.45) is 4.99 Å². The molecule has 0 bridgehead atoms. The van der Waals surface area contributed by atoms with E-state index >= 15 is 0 Å². The lowest BCUT2D eigenvalue weighted by Gasteiger charge is -2.00. The lowest BCUT2D eigenvalue weighted by atomic mass is 10.1. The maximum atomic E-state index is 10.8. The Morgan fingerprint density at radius 1 is 1.53 bits per heavy atom. The molecule has 0 aromatic heterocycles. The first-order valence-electron chi connectivity index (χ1n) is 4.56. The summed E-state index contributed by atoms with van der Waals surface area (Å²) in [4.78, 5) is 14.9. The van der Waals surface area contributed by atoms with Crippen molar-refractivity contribution < 1.29 is 14.6 Å². The second kappa shape index (κ2) is 3.59. The van der Waals surface area contributed by atoms with Crippen molar-refractivity contribution in [3.05, 3.63) is 23.8 Å². The Labute approximate surface area is 86.5 Å². The smallest absolute Gasteiger partial charge is 0.233 e. The van der Waals surface area contributed by atoms with Crippen molar-refractivity contribution >= 4 is 23.1 Å². The number of hydrogen-bond acceptors (Lipinski definition) is 4. The number of carbonyl (C=O) groups excluding carboxylic acids is 1. The first kappa shape index (κ1) is 9.49. The van der Waals surface area contributed by atoms with Gasteiger partial charge in [0.05, 0.1) is 12.3 Å². The molecule has 0 atom stereocenters. The van der Waals surface area contributed by atoms with Crippen LogP contribution < -0.4 is 0 Å². The van der Waals surface area contributed by atoms with Crippen LogP contribution in [0.4, 0.5) is 5.69 Å². The van der Waals surface area contributed by atoms with E-state index in [4.69, 9.17) is 4.74 Å². The number of nitrogens with zero attached hydrogens (tertiary/aromatic N) is 1. The number of rotatable bonds is 1. The summed E-state index contributed by atoms with van der Waals surface area (Å²) in [5.74, 6) is 2.15. The highest BCUT2D eigenvalue weighted by atomic mass is 16.5. The second-order valence-electron chi connectivity index (χ2n) is 3.03. The van der Waals surface area contributed by atoms with E-state index in [1.165, 1.54) is 12.1 Å². The lowest BCUT2D eigenvalue weighted by Crippen LogP contribution is -2.03. The van der Waals surface area contributed by atoms with E-state index in [2.05, 4.69) is 4.99 Å². The van der Waals surface area contributed by atoms with E-state index in [0.29, 0.717) is 17.9 Å². The van der Waals surface area contributed by atoms with Crippen molar-refractivity contribution in [1.82, 2.24) is 0 Å². The predicted octanol–water partition coefficient (Wildman–Crippen LogP) is 1.69. The van der Waals surface area contributed by atoms with E-state index in [9.17, 15) is 9.90 Å². The molecule has 1 aromatic rings. The first-order chi connectivity index (χ1) is 7.26. The molecule has 76 valence electrons. The van der Waals surface area contributed by atoms with E-state index in [0.717, 1.165) is 0 Å². The summed E-state index contributed by atoms with van der Waals surface area (Å²) in [5.41, 5.74) is 1.45. The zero-order valence-corrected chi connectivity index (χ0v) is 8.15. The average Bonchev–Trinajstić information content (AvgIpc) is 2.55. The fourth-order valence-electron chi connectivity index (χ4n) is 1.44. The zero-order chi connectivity index (χ0) is 10.8. The normalized spacial score (nSPS) is 13.1. The Morgan fingerprint density at radius 2 is 2.33 bits per heavy atom. The molecule has 4 heteroatoms. The molecular weight excluding hydrogens is 194 g/mol. The van der Waals surface area contributed by atoms with Crippen LogP contribution >= 0.6 is 0 Å². The summed E-state index contributed by atoms with van der Waals surface area (Å²) in [6.07, 6.45) is 0. The molecule has 1 N–H and O–H groups in total. The maximum Gasteiger partial charge on any atom is 0.233 e. The van der Waals surface area contributed by atoms with Gasteiger partial charge in [-0.1, -0.05) is 0 Å². The molecule has 15 heavy (non-hydrogen) atoms. The summed E-state index contributed by atoms with van der Waals surface area (Å²) in [7, 11) is 0. The van der Waals surface area contributed by atoms with Gasteiger partial charge in [0, 0.05) is 5.56 Å². The fourth-order valence-corrected chi connectivity index (χ4v) is 1.44. The van der Waals surface area contributed by atoms with Crippen molar-refractivity contribution in [2.75, 3.05) is 6.61 Å². The molecule has 0 radical (unpaired) electrons. The van der Waals surface area contributed by atoms with Gasteiger partial charge in [0.15, 0.2) is 0 Å². The summed E-state index contributed by atoms with van der Waals surface area (Å²) in [6, 6.07) is 4.62. The molecule has 1 aliphatic heterocycles. The number of phenolic OH excluding ortho intramolecular Hbond substituents is 1. The van der Waals surface area contributed by atoms with Gasteiger partial charge in [0.2, 0.25) is 5.90 Å². The summed E-state index contributed by atoms with van der Waals surface area (Å²) >= 11 is 0. The van der Waals surface area contributed by atoms with Crippen molar-refractivity contribution in [2.45, 2.75) is 6.92 Å². The number of fused-ring (bicyclic) bond motifs is 1. The number of ether oxygens (including phenoxy) is 1. The molecule has 0 unspecified atom stereocenters. The molecule has 0 saturated carbocycles. The van der Waals surface area contributed by atoms with Crippen molar-refractivity contribution in [1.29, 1.82) is 0 Å². The van der Waals surface area contributed by atoms with Crippen molar-refractivity contribution in [3.8, 4) is 5.75 Å². The molecule has 0 aliphatic carbocycles. The quantitative estimate of drug-likeness (QED) is 0.706. The Bertz CT molecular complexity index is 485. The second-order valence-corrected chi connectivity index (χ2v) is 3.03. The van der Waals surface area contributed by atoms with Crippen LogP contribution in [-0.4, -0.2) is 23.6 Å². The number of benzene rings is 1. The van der Waals surface area contributed by atoms with Crippen LogP contribution in [0, 0.1) is 0 Å². The van der Waals surface area contributed by atoms with Gasteiger partial charge in [-0.05, 0) is 25.1 Å². The molecule has 4 nitrogen and oxygen atoms in total. The van der Waals surface area contributed by atoms with Crippen LogP contribution in [0.5, 0.6) is 5.75 Å². The molecule has 1 aliphatic rings. The van der Waals surface area contributed by atoms with Gasteiger partial charge >= 0.3 is 0 Å². The largest absolute Gasteiger partial charge is 0.508 e. The molecule has 0 fully saturated rings. The molecule has 1 heterocycles. The van der Waals surface area contributed by atoms with Crippen LogP contribution in [-0.2, 0) is 9.53 Å². The monoisotopic (exact) mass is 203 g/mol. The van der Waals surface area contributed by atoms with Gasteiger partial charge in [-0.3, -0.25) is 0 Å². The van der Waals surface area contributed by atoms with Crippen LogP contribution in [0.2, 0.25) is 0 Å². The van der Waals surface area contributed by atoms with E-state index in [-0.39, 0.29) is 17.2 Å². The SMILES string of the molecule is CCOC1=Nc2ccc(O)cc2C1=C=O. The first-order valence-corrected chi connectivity index (χ1v) is 4.56. The van der Waals surface area contributed by atoms with Gasteiger partial charge in [0.25, 0.3) is 0 Å². The van der Waals surface area contributed by atoms with E-state index < -0.39 is 0 Å². The minimum atomic E-state index is 0.0921. The summed E-state index contributed by atoms with van der Waals surface area (Å²) in [5, 5.41) is 9.29. The van der Waals surface area contributed by atoms with Crippen molar-refractivity contribution in [3.63, 3.8) is 0 Å². The highest BCUT2D eigenvalue weighted by molar-refractivity contribution is 6.32. The zero-order valence-electron chi connectivity index (χ0n) is 8.15. The molecule has 2 rings (SSSR count). The Hall–Kier alpha value is -2.06. The van der Waals surface area contributed by atoms with Gasteiger partial charge in [-0.2, -0.15) is 0 Å². The molecule has 0 saturated heterocycles. The standard InChI is InChI=1S/C11H9NO3/c1-2-15-11-9(6-13)8-5-7(14)3-4-10(8)12-11/h3-5,14H,2H2,1H3. The molecule has 1 aromatic carbocycles. The van der Waals surface area contributed by atoms with Gasteiger partial charge in [-0.25, -0.2) is 9.79 Å². The third-order valence-corrected chi connectivity index (χ3v) is 2.07. The van der Waals surface area contributed by atoms with Gasteiger partial charge < -0.3 is 9.84 Å². The van der Waals surface area contributed by atoms with Crippen LogP contribution in [0.1, 0.15) is 12.5 Å². The fraction of sp³-hybridized carbons (Fsp3) is 0.182. The third kappa shape index (κ3) is 1.51. The van der Waals surface area contributed by atoms with Gasteiger partial charge in [0.1, 0.15) is 17.3 Å². The highest BCUT2D eigenvalue weighted by Crippen LogP contribution is 2.35. The van der Waals surface area contributed by atoms with Gasteiger partial charge in [-0.15, -0.1) is 0 Å². The Balaban J connectivity index is 2.52. The Kier molecular flexibility index (Phi) is 2.27. The molecule has 0 amide bonds. The minimum Gasteiger partial charge on any atom is -0.508 e. The lowest BCUT2D eigenvalue weighted by molar-refractivity contribution is 0.333. The number of phenols is 1. The number of aromatic hydroxyl groups is 1.